The maximum Gasteiger partial charge on any atom is 0.130 e. The highest BCUT2D eigenvalue weighted by Crippen LogP contribution is 2.38. The quantitative estimate of drug-likeness (QED) is 0.898. The third-order valence-electron chi connectivity index (χ3n) is 5.82. The molecule has 2 heterocycles. The first-order valence-corrected chi connectivity index (χ1v) is 9.50. The van der Waals surface area contributed by atoms with E-state index in [2.05, 4.69) is 43.0 Å². The maximum atomic E-state index is 10.5. The van der Waals surface area contributed by atoms with E-state index >= 15 is 0 Å². The van der Waals surface area contributed by atoms with Gasteiger partial charge in [-0.2, -0.15) is 0 Å². The summed E-state index contributed by atoms with van der Waals surface area (Å²) in [6.45, 7) is 6.84. The summed E-state index contributed by atoms with van der Waals surface area (Å²) in [4.78, 5) is 2.34. The Hall–Kier alpha value is -2.10. The maximum absolute atomic E-state index is 10.5. The molecule has 26 heavy (non-hydrogen) atoms. The SMILES string of the molecule is Cc1cc2c(cc1C)OC1(C=C2)CCN(CC(O)c2ccccc2)CC1. The van der Waals surface area contributed by atoms with Gasteiger partial charge in [-0.25, -0.2) is 0 Å². The summed E-state index contributed by atoms with van der Waals surface area (Å²) in [5.74, 6) is 1.01. The lowest BCUT2D eigenvalue weighted by Crippen LogP contribution is -2.48. The summed E-state index contributed by atoms with van der Waals surface area (Å²) in [7, 11) is 0. The van der Waals surface area contributed by atoms with Gasteiger partial charge in [0.1, 0.15) is 11.4 Å². The summed E-state index contributed by atoms with van der Waals surface area (Å²) in [5, 5.41) is 10.5. The van der Waals surface area contributed by atoms with Crippen molar-refractivity contribution in [3.05, 3.63) is 70.8 Å². The lowest BCUT2D eigenvalue weighted by Gasteiger charge is -2.42. The number of fused-ring (bicyclic) bond motifs is 1. The zero-order valence-electron chi connectivity index (χ0n) is 15.6. The first-order chi connectivity index (χ1) is 12.5. The van der Waals surface area contributed by atoms with Crippen LogP contribution in [0.2, 0.25) is 0 Å². The van der Waals surface area contributed by atoms with E-state index in [1.165, 1.54) is 16.7 Å². The summed E-state index contributed by atoms with van der Waals surface area (Å²) in [5.41, 5.74) is 4.56. The van der Waals surface area contributed by atoms with Crippen LogP contribution in [0.15, 0.2) is 48.5 Å². The summed E-state index contributed by atoms with van der Waals surface area (Å²) in [6.07, 6.45) is 5.95. The highest BCUT2D eigenvalue weighted by atomic mass is 16.5. The third-order valence-corrected chi connectivity index (χ3v) is 5.82. The van der Waals surface area contributed by atoms with Crippen molar-refractivity contribution >= 4 is 6.08 Å². The Morgan fingerprint density at radius 1 is 1.08 bits per heavy atom. The van der Waals surface area contributed by atoms with Crippen molar-refractivity contribution in [1.82, 2.24) is 4.90 Å². The van der Waals surface area contributed by atoms with Crippen molar-refractivity contribution in [2.45, 2.75) is 38.4 Å². The molecule has 1 atom stereocenters. The molecule has 2 aliphatic heterocycles. The van der Waals surface area contributed by atoms with Crippen molar-refractivity contribution < 1.29 is 9.84 Å². The van der Waals surface area contributed by atoms with Crippen LogP contribution in [-0.2, 0) is 0 Å². The van der Waals surface area contributed by atoms with Gasteiger partial charge < -0.3 is 14.7 Å². The predicted molar refractivity (Wildman–Crippen MR) is 105 cm³/mol. The molecule has 0 aromatic heterocycles. The van der Waals surface area contributed by atoms with E-state index in [0.29, 0.717) is 6.54 Å². The Kier molecular flexibility index (Phi) is 4.60. The molecule has 1 unspecified atom stereocenters. The summed E-state index contributed by atoms with van der Waals surface area (Å²) < 4.78 is 6.46. The van der Waals surface area contributed by atoms with E-state index in [1.54, 1.807) is 0 Å². The van der Waals surface area contributed by atoms with Crippen LogP contribution in [0.1, 0.15) is 41.2 Å². The van der Waals surface area contributed by atoms with E-state index in [9.17, 15) is 5.11 Å². The van der Waals surface area contributed by atoms with Crippen LogP contribution >= 0.6 is 0 Å². The van der Waals surface area contributed by atoms with Crippen LogP contribution in [0, 0.1) is 13.8 Å². The van der Waals surface area contributed by atoms with Crippen molar-refractivity contribution in [2.24, 2.45) is 0 Å². The van der Waals surface area contributed by atoms with Crippen molar-refractivity contribution in [1.29, 1.82) is 0 Å². The molecule has 0 saturated carbocycles. The largest absolute Gasteiger partial charge is 0.482 e. The molecule has 2 aromatic rings. The fraction of sp³-hybridized carbons (Fsp3) is 0.391. The zero-order chi connectivity index (χ0) is 18.1. The smallest absolute Gasteiger partial charge is 0.130 e. The molecule has 3 heteroatoms. The number of rotatable bonds is 3. The minimum Gasteiger partial charge on any atom is -0.482 e. The molecule has 136 valence electrons. The Balaban J connectivity index is 1.40. The summed E-state index contributed by atoms with van der Waals surface area (Å²) >= 11 is 0. The second-order valence-electron chi connectivity index (χ2n) is 7.70. The van der Waals surface area contributed by atoms with Crippen molar-refractivity contribution in [3.63, 3.8) is 0 Å². The van der Waals surface area contributed by atoms with Gasteiger partial charge in [-0.3, -0.25) is 0 Å². The number of likely N-dealkylation sites (tertiary alicyclic amines) is 1. The Bertz CT molecular complexity index is 804. The fourth-order valence-electron chi connectivity index (χ4n) is 3.93. The molecule has 1 spiro atoms. The average Bonchev–Trinajstić information content (AvgIpc) is 2.66. The standard InChI is InChI=1S/C23H27NO2/c1-17-14-20-8-9-23(26-22(20)15-18(17)2)10-12-24(13-11-23)16-21(25)19-6-4-3-5-7-19/h3-9,14-15,21,25H,10-13,16H2,1-2H3. The molecule has 2 aliphatic rings. The minimum atomic E-state index is -0.431. The number of aryl methyl sites for hydroxylation is 2. The second kappa shape index (κ2) is 6.90. The van der Waals surface area contributed by atoms with Crippen LogP contribution in [-0.4, -0.2) is 35.2 Å². The van der Waals surface area contributed by atoms with Crippen LogP contribution < -0.4 is 4.74 Å². The number of hydrogen-bond donors (Lipinski definition) is 1. The van der Waals surface area contributed by atoms with Crippen LogP contribution in [0.5, 0.6) is 5.75 Å². The third kappa shape index (κ3) is 3.42. The Morgan fingerprint density at radius 2 is 1.77 bits per heavy atom. The van der Waals surface area contributed by atoms with Crippen molar-refractivity contribution in [2.75, 3.05) is 19.6 Å². The number of nitrogens with zero attached hydrogens (tertiary/aromatic N) is 1. The van der Waals surface area contributed by atoms with E-state index in [-0.39, 0.29) is 5.60 Å². The number of benzene rings is 2. The Morgan fingerprint density at radius 3 is 2.50 bits per heavy atom. The van der Waals surface area contributed by atoms with Crippen LogP contribution in [0.4, 0.5) is 0 Å². The Labute approximate surface area is 155 Å². The molecular formula is C23H27NO2. The van der Waals surface area contributed by atoms with Gasteiger partial charge >= 0.3 is 0 Å². The van der Waals surface area contributed by atoms with Gasteiger partial charge in [0.2, 0.25) is 0 Å². The highest BCUT2D eigenvalue weighted by molar-refractivity contribution is 5.63. The van der Waals surface area contributed by atoms with E-state index in [1.807, 2.05) is 30.3 Å². The van der Waals surface area contributed by atoms with Gasteiger partial charge in [0.15, 0.2) is 0 Å². The van der Waals surface area contributed by atoms with E-state index in [0.717, 1.165) is 37.2 Å². The molecule has 0 amide bonds. The molecule has 2 aromatic carbocycles. The number of piperidine rings is 1. The van der Waals surface area contributed by atoms with Gasteiger partial charge in [-0.1, -0.05) is 36.4 Å². The fourth-order valence-corrected chi connectivity index (χ4v) is 3.93. The van der Waals surface area contributed by atoms with E-state index < -0.39 is 6.10 Å². The number of aliphatic hydroxyl groups is 1. The predicted octanol–water partition coefficient (Wildman–Crippen LogP) is 4.28. The highest BCUT2D eigenvalue weighted by Gasteiger charge is 2.37. The zero-order valence-corrected chi connectivity index (χ0v) is 15.6. The first-order valence-electron chi connectivity index (χ1n) is 9.50. The molecule has 1 fully saturated rings. The molecule has 0 bridgehead atoms. The molecular weight excluding hydrogens is 322 g/mol. The average molecular weight is 349 g/mol. The van der Waals surface area contributed by atoms with Gasteiger partial charge in [0.25, 0.3) is 0 Å². The van der Waals surface area contributed by atoms with Crippen LogP contribution in [0.3, 0.4) is 0 Å². The lowest BCUT2D eigenvalue weighted by molar-refractivity contribution is 0.0201. The van der Waals surface area contributed by atoms with Gasteiger partial charge in [0.05, 0.1) is 6.10 Å². The molecule has 4 rings (SSSR count). The molecule has 1 saturated heterocycles. The first kappa shape index (κ1) is 17.3. The molecule has 0 radical (unpaired) electrons. The van der Waals surface area contributed by atoms with Crippen LogP contribution in [0.25, 0.3) is 6.08 Å². The van der Waals surface area contributed by atoms with Crippen molar-refractivity contribution in [3.8, 4) is 5.75 Å². The molecule has 0 aliphatic carbocycles. The monoisotopic (exact) mass is 349 g/mol. The van der Waals surface area contributed by atoms with E-state index in [4.69, 9.17) is 4.74 Å². The number of aliphatic hydroxyl groups excluding tert-OH is 1. The number of β-amino-alcohol motifs (C(OH)–C–C–N with tert-alkyl or cyclic N) is 1. The minimum absolute atomic E-state index is 0.192. The molecule has 1 N–H and O–H groups in total. The number of ether oxygens (including phenoxy) is 1. The second-order valence-corrected chi connectivity index (χ2v) is 7.70. The topological polar surface area (TPSA) is 32.7 Å². The summed E-state index contributed by atoms with van der Waals surface area (Å²) in [6, 6.07) is 14.3. The normalized spacial score (nSPS) is 19.8. The van der Waals surface area contributed by atoms with Gasteiger partial charge in [-0.15, -0.1) is 0 Å². The van der Waals surface area contributed by atoms with Gasteiger partial charge in [-0.05, 0) is 48.7 Å². The molecule has 3 nitrogen and oxygen atoms in total. The van der Waals surface area contributed by atoms with Gasteiger partial charge in [0, 0.05) is 38.0 Å². The number of hydrogen-bond acceptors (Lipinski definition) is 3. The lowest BCUT2D eigenvalue weighted by atomic mass is 9.87.